The molecule has 1 aliphatic heterocycles. The summed E-state index contributed by atoms with van der Waals surface area (Å²) in [5.74, 6) is 1.49. The zero-order valence-corrected chi connectivity index (χ0v) is 40.1. The van der Waals surface area contributed by atoms with Crippen LogP contribution in [0, 0.1) is 0 Å². The average Bonchev–Trinajstić information content (AvgIpc) is 3.87. The lowest BCUT2D eigenvalue weighted by Gasteiger charge is -2.36. The summed E-state index contributed by atoms with van der Waals surface area (Å²) in [6.45, 7) is 11.7. The maximum absolute atomic E-state index is 13.0. The van der Waals surface area contributed by atoms with E-state index in [1.807, 2.05) is 107 Å². The van der Waals surface area contributed by atoms with Gasteiger partial charge in [-0.15, -0.1) is 8.61 Å². The molecule has 4 aromatic carbocycles. The van der Waals surface area contributed by atoms with Crippen molar-refractivity contribution in [3.63, 3.8) is 0 Å². The molecule has 0 aliphatic carbocycles. The highest BCUT2D eigenvalue weighted by Gasteiger charge is 2.30. The normalized spacial score (nSPS) is 14.6. The topological polar surface area (TPSA) is 164 Å². The number of amides is 1. The molecule has 2 atom stereocenters. The van der Waals surface area contributed by atoms with E-state index < -0.39 is 29.5 Å². The van der Waals surface area contributed by atoms with Crippen molar-refractivity contribution in [3.05, 3.63) is 108 Å². The Morgan fingerprint density at radius 3 is 2.35 bits per heavy atom. The van der Waals surface area contributed by atoms with E-state index in [0.717, 1.165) is 57.3 Å². The molecule has 0 radical (unpaired) electrons. The molecule has 16 heteroatoms. The van der Waals surface area contributed by atoms with Crippen LogP contribution in [0.5, 0.6) is 11.5 Å². The number of aliphatic hydroxyl groups is 2. The minimum Gasteiger partial charge on any atom is -0.578 e. The van der Waals surface area contributed by atoms with Gasteiger partial charge in [-0.3, -0.25) is 5.10 Å². The molecule has 0 spiro atoms. The molecule has 354 valence electrons. The van der Waals surface area contributed by atoms with E-state index in [1.165, 1.54) is 0 Å². The van der Waals surface area contributed by atoms with E-state index in [9.17, 15) is 19.6 Å². The smallest absolute Gasteiger partial charge is 0.410 e. The minimum absolute atomic E-state index is 0.140. The van der Waals surface area contributed by atoms with Crippen molar-refractivity contribution in [2.45, 2.75) is 78.6 Å². The monoisotopic (exact) mass is 923 g/mol. The predicted octanol–water partition coefficient (Wildman–Crippen LogP) is 7.81. The van der Waals surface area contributed by atoms with Gasteiger partial charge in [-0.1, -0.05) is 54.6 Å². The quantitative estimate of drug-likeness (QED) is 0.0387. The van der Waals surface area contributed by atoms with Crippen LogP contribution >= 0.6 is 0 Å². The third kappa shape index (κ3) is 11.4. The zero-order chi connectivity index (χ0) is 47.0. The zero-order valence-electron chi connectivity index (χ0n) is 39.3. The number of hydrogen-bond acceptors (Lipinski definition) is 12. The van der Waals surface area contributed by atoms with Gasteiger partial charge in [-0.05, 0) is 88.2 Å². The van der Waals surface area contributed by atoms with E-state index in [-0.39, 0.29) is 19.8 Å². The lowest BCUT2D eigenvalue weighted by molar-refractivity contribution is -0.103. The van der Waals surface area contributed by atoms with Crippen molar-refractivity contribution in [3.8, 4) is 22.6 Å². The first-order valence-corrected chi connectivity index (χ1v) is 23.8. The number of anilines is 1. The fraction of sp³-hybridized carbons (Fsp3) is 0.440. The summed E-state index contributed by atoms with van der Waals surface area (Å²) in [7, 11) is 5.37. The molecule has 3 N–H and O–H groups in total. The van der Waals surface area contributed by atoms with Crippen molar-refractivity contribution in [2.24, 2.45) is 0 Å². The number of nitrogens with zero attached hydrogens (tertiary/aromatic N) is 6. The number of para-hydroxylation sites is 1. The van der Waals surface area contributed by atoms with Gasteiger partial charge >= 0.3 is 6.09 Å². The molecule has 66 heavy (non-hydrogen) atoms. The molecule has 6 aromatic rings. The highest BCUT2D eigenvalue weighted by molar-refractivity contribution is 7.86. The van der Waals surface area contributed by atoms with E-state index in [1.54, 1.807) is 16.3 Å². The molecule has 1 saturated heterocycles. The van der Waals surface area contributed by atoms with Gasteiger partial charge in [0.25, 0.3) is 0 Å². The van der Waals surface area contributed by atoms with Crippen LogP contribution in [-0.4, -0.2) is 122 Å². The maximum atomic E-state index is 13.0. The number of carbonyl (C=O) groups excluding carboxylic acids is 1. The van der Waals surface area contributed by atoms with Crippen LogP contribution in [0.2, 0.25) is 0 Å². The van der Waals surface area contributed by atoms with Gasteiger partial charge in [0.1, 0.15) is 35.3 Å². The number of ether oxygens (including phenoxy) is 4. The number of aromatic amines is 1. The van der Waals surface area contributed by atoms with Crippen molar-refractivity contribution in [2.75, 3.05) is 72.0 Å². The van der Waals surface area contributed by atoms with Gasteiger partial charge in [0.15, 0.2) is 6.29 Å². The SMILES string of the molecule is CCOC(O)c1c(CCCOc2cccc3ccccc23)c2cccc(-c3c(CO)n[nH]c3COc3ccc(N4CCN([S+]([O-])N(C)C)CC4)cc3)c2n1CCCN(C)C(=O)OC(C)(C)C. The van der Waals surface area contributed by atoms with Crippen LogP contribution in [0.25, 0.3) is 32.8 Å². The van der Waals surface area contributed by atoms with Crippen molar-refractivity contribution in [1.82, 2.24) is 28.3 Å². The second kappa shape index (κ2) is 22.0. The maximum Gasteiger partial charge on any atom is 0.410 e. The molecule has 15 nitrogen and oxygen atoms in total. The summed E-state index contributed by atoms with van der Waals surface area (Å²) in [6.07, 6.45) is 0.109. The van der Waals surface area contributed by atoms with E-state index in [0.29, 0.717) is 80.4 Å². The fourth-order valence-corrected chi connectivity index (χ4v) is 9.50. The summed E-state index contributed by atoms with van der Waals surface area (Å²) < 4.78 is 42.7. The molecule has 7 rings (SSSR count). The van der Waals surface area contributed by atoms with E-state index >= 15 is 0 Å². The highest BCUT2D eigenvalue weighted by Crippen LogP contribution is 2.40. The van der Waals surface area contributed by atoms with Crippen LogP contribution in [0.3, 0.4) is 0 Å². The Morgan fingerprint density at radius 2 is 1.64 bits per heavy atom. The number of carbonyl (C=O) groups is 1. The Morgan fingerprint density at radius 1 is 0.924 bits per heavy atom. The summed E-state index contributed by atoms with van der Waals surface area (Å²) in [5.41, 5.74) is 5.47. The molecule has 0 saturated carbocycles. The summed E-state index contributed by atoms with van der Waals surface area (Å²) >= 11 is -1.15. The Kier molecular flexibility index (Phi) is 16.2. The molecule has 0 bridgehead atoms. The number of fused-ring (bicyclic) bond motifs is 2. The van der Waals surface area contributed by atoms with Gasteiger partial charge in [-0.2, -0.15) is 5.10 Å². The van der Waals surface area contributed by atoms with Crippen LogP contribution < -0.4 is 14.4 Å². The lowest BCUT2D eigenvalue weighted by Crippen LogP contribution is -2.51. The van der Waals surface area contributed by atoms with Crippen LogP contribution in [0.1, 0.15) is 69.5 Å². The van der Waals surface area contributed by atoms with Crippen LogP contribution in [-0.2, 0) is 47.2 Å². The number of rotatable bonds is 20. The van der Waals surface area contributed by atoms with Gasteiger partial charge in [-0.25, -0.2) is 4.79 Å². The van der Waals surface area contributed by atoms with Gasteiger partial charge in [0, 0.05) is 81.5 Å². The van der Waals surface area contributed by atoms with E-state index in [4.69, 9.17) is 18.9 Å². The first-order chi connectivity index (χ1) is 31.8. The predicted molar refractivity (Wildman–Crippen MR) is 260 cm³/mol. The third-order valence-corrected chi connectivity index (χ3v) is 13.1. The van der Waals surface area contributed by atoms with Gasteiger partial charge in [0.2, 0.25) is 0 Å². The average molecular weight is 924 g/mol. The molecule has 1 aliphatic rings. The number of nitrogens with one attached hydrogen (secondary N) is 1. The molecule has 3 heterocycles. The highest BCUT2D eigenvalue weighted by atomic mass is 32.2. The minimum atomic E-state index is -1.24. The number of hydrogen-bond donors (Lipinski definition) is 3. The standard InChI is InChI=1S/C50H65N7O8S/c1-8-62-48(59)47-40(20-13-32-63-44-21-11-16-35-15-9-10-17-38(35)44)39-18-12-19-41(46(39)57(47)27-14-26-54(7)49(60)65-50(2,3)4)45-42(33-58)51-52-43(45)34-64-37-24-22-36(23-25-37)55-28-30-56(31-29-55)66(61)53(5)6/h9-12,15-19,21-25,48,58-59H,8,13-14,20,26-34H2,1-7H3,(H,51,52). The first-order valence-electron chi connectivity index (χ1n) is 22.8. The van der Waals surface area contributed by atoms with Crippen molar-refractivity contribution in [1.29, 1.82) is 0 Å². The van der Waals surface area contributed by atoms with Crippen LogP contribution in [0.4, 0.5) is 10.5 Å². The van der Waals surface area contributed by atoms with Crippen molar-refractivity contribution >= 4 is 45.0 Å². The number of aryl methyl sites for hydroxylation is 2. The number of benzene rings is 4. The summed E-state index contributed by atoms with van der Waals surface area (Å²) in [6, 6.07) is 28.2. The molecular formula is C50H65N7O8S. The van der Waals surface area contributed by atoms with E-state index in [2.05, 4.69) is 43.9 Å². The molecule has 2 unspecified atom stereocenters. The largest absolute Gasteiger partial charge is 0.578 e. The molecule has 1 amide bonds. The lowest BCUT2D eigenvalue weighted by atomic mass is 9.98. The number of piperazine rings is 1. The first kappa shape index (κ1) is 48.6. The number of aromatic nitrogens is 3. The Hall–Kier alpha value is -5.33. The number of H-pyrrole nitrogens is 1. The summed E-state index contributed by atoms with van der Waals surface area (Å²) in [5, 5.41) is 33.4. The third-order valence-electron chi connectivity index (χ3n) is 11.6. The second-order valence-corrected chi connectivity index (χ2v) is 19.3. The fourth-order valence-electron chi connectivity index (χ4n) is 8.56. The van der Waals surface area contributed by atoms with Crippen molar-refractivity contribution < 1.29 is 38.5 Å². The van der Waals surface area contributed by atoms with Gasteiger partial charge in [0.05, 0.1) is 48.9 Å². The Labute approximate surface area is 391 Å². The molecule has 2 aromatic heterocycles. The second-order valence-electron chi connectivity index (χ2n) is 17.6. The summed E-state index contributed by atoms with van der Waals surface area (Å²) in [4.78, 5) is 16.8. The number of aliphatic hydroxyl groups excluding tert-OH is 2. The van der Waals surface area contributed by atoms with Crippen LogP contribution in [0.15, 0.2) is 84.9 Å². The Balaban J connectivity index is 1.19. The molecular weight excluding hydrogens is 859 g/mol. The van der Waals surface area contributed by atoms with Gasteiger partial charge < -0.3 is 48.1 Å². The molecule has 1 fully saturated rings. The Bertz CT molecular complexity index is 2530.